The van der Waals surface area contributed by atoms with Gasteiger partial charge < -0.3 is 26.7 Å². The zero-order valence-corrected chi connectivity index (χ0v) is 42.6. The average Bonchev–Trinajstić information content (AvgIpc) is 4.20. The van der Waals surface area contributed by atoms with Crippen molar-refractivity contribution in [2.75, 3.05) is 0 Å². The molecule has 20 nitrogen and oxygen atoms in total. The third-order valence-corrected chi connectivity index (χ3v) is 11.6. The van der Waals surface area contributed by atoms with E-state index in [9.17, 15) is 0 Å². The van der Waals surface area contributed by atoms with E-state index in [0.717, 1.165) is 66.3 Å². The highest BCUT2D eigenvalue weighted by Gasteiger charge is 2.02. The summed E-state index contributed by atoms with van der Waals surface area (Å²) in [7, 11) is 9.48. The summed E-state index contributed by atoms with van der Waals surface area (Å²) in [6, 6.07) is 30.0. The van der Waals surface area contributed by atoms with Crippen LogP contribution in [0.2, 0.25) is 0 Å². The summed E-state index contributed by atoms with van der Waals surface area (Å²) in [4.78, 5) is 0. The third kappa shape index (κ3) is 12.3. The molecule has 13 heterocycles. The first-order valence-electron chi connectivity index (χ1n) is 23.6. The molecule has 0 amide bonds. The van der Waals surface area contributed by atoms with Crippen molar-refractivity contribution < 1.29 is 22.1 Å². The quantitative estimate of drug-likeness (QED) is 0.129. The van der Waals surface area contributed by atoms with Crippen LogP contribution in [0.3, 0.4) is 0 Å². The summed E-state index contributed by atoms with van der Waals surface area (Å²) in [5.41, 5.74) is 14.4. The monoisotopic (exact) mass is 1010 g/mol. The SMILES string of the molecule is Cc1ccc2[nH]ncc2c1.Cc1ccc2cn[nH]c2c1.Cc1cccc2cn[nH]c12.Cn1cc2ccoc2n1.Cn1cc2occc2n1.Cn1ccc2occc21.Cn1ncc2ccoc21.Cn1ncc2occc21. The summed E-state index contributed by atoms with van der Waals surface area (Å²) in [6.07, 6.45) is 23.0. The number of nitrogens with one attached hydrogen (secondary N) is 3. The minimum atomic E-state index is 0.706. The number of aryl methyl sites for hydroxylation is 8. The molecule has 0 atom stereocenters. The van der Waals surface area contributed by atoms with Gasteiger partial charge in [0.2, 0.25) is 11.4 Å². The Bertz CT molecular complexity index is 3940. The Morgan fingerprint density at radius 1 is 0.453 bits per heavy atom. The molecule has 0 aliphatic carbocycles. The summed E-state index contributed by atoms with van der Waals surface area (Å²) in [5, 5.41) is 42.2. The molecule has 0 spiro atoms. The molecule has 0 unspecified atom stereocenters. The van der Waals surface area contributed by atoms with Crippen molar-refractivity contribution in [3.8, 4) is 0 Å². The summed E-state index contributed by atoms with van der Waals surface area (Å²) in [6.45, 7) is 6.22. The van der Waals surface area contributed by atoms with Gasteiger partial charge in [-0.05, 0) is 68.3 Å². The summed E-state index contributed by atoms with van der Waals surface area (Å²) >= 11 is 0. The van der Waals surface area contributed by atoms with E-state index in [4.69, 9.17) is 22.1 Å². The van der Waals surface area contributed by atoms with Crippen LogP contribution in [0.25, 0.3) is 88.2 Å². The predicted molar refractivity (Wildman–Crippen MR) is 290 cm³/mol. The molecular weight excluding hydrogens is 951 g/mol. The zero-order chi connectivity index (χ0) is 52.3. The second kappa shape index (κ2) is 23.0. The van der Waals surface area contributed by atoms with Crippen molar-refractivity contribution >= 4 is 88.2 Å². The van der Waals surface area contributed by atoms with E-state index in [0.29, 0.717) is 5.71 Å². The van der Waals surface area contributed by atoms with Gasteiger partial charge in [-0.3, -0.25) is 29.3 Å². The average molecular weight is 1010 g/mol. The lowest BCUT2D eigenvalue weighted by Crippen LogP contribution is -1.86. The molecule has 16 aromatic rings. The van der Waals surface area contributed by atoms with Crippen LogP contribution in [-0.4, -0.2) is 74.3 Å². The van der Waals surface area contributed by atoms with Crippen molar-refractivity contribution in [1.29, 1.82) is 0 Å². The van der Waals surface area contributed by atoms with Crippen molar-refractivity contribution in [3.05, 3.63) is 189 Å². The number of hydrogen-bond acceptors (Lipinski definition) is 12. The van der Waals surface area contributed by atoms with Gasteiger partial charge in [0.05, 0.1) is 101 Å². The van der Waals surface area contributed by atoms with Gasteiger partial charge in [-0.2, -0.15) is 30.6 Å². The lowest BCUT2D eigenvalue weighted by Gasteiger charge is -1.90. The Labute approximate surface area is 427 Å². The molecule has 3 aromatic carbocycles. The number of para-hydroxylation sites is 1. The van der Waals surface area contributed by atoms with Crippen LogP contribution in [0.4, 0.5) is 0 Å². The maximum absolute atomic E-state index is 5.12. The Kier molecular flexibility index (Phi) is 15.3. The van der Waals surface area contributed by atoms with Crippen molar-refractivity contribution in [3.63, 3.8) is 0 Å². The first kappa shape index (κ1) is 49.9. The van der Waals surface area contributed by atoms with Crippen LogP contribution in [0, 0.1) is 20.8 Å². The molecular formula is C55H55N15O5. The molecule has 0 bridgehead atoms. The Balaban J connectivity index is 0.000000105. The van der Waals surface area contributed by atoms with Crippen LogP contribution in [-0.2, 0) is 35.2 Å². The highest BCUT2D eigenvalue weighted by atomic mass is 16.3. The molecule has 16 rings (SSSR count). The molecule has 0 aliphatic heterocycles. The van der Waals surface area contributed by atoms with Crippen LogP contribution in [0.5, 0.6) is 0 Å². The van der Waals surface area contributed by atoms with E-state index in [1.807, 2.05) is 132 Å². The number of aromatic amines is 3. The molecule has 20 heteroatoms. The van der Waals surface area contributed by atoms with Gasteiger partial charge in [-0.25, -0.2) is 4.68 Å². The van der Waals surface area contributed by atoms with Gasteiger partial charge in [0.1, 0.15) is 11.0 Å². The smallest absolute Gasteiger partial charge is 0.245 e. The molecule has 13 aromatic heterocycles. The van der Waals surface area contributed by atoms with Gasteiger partial charge >= 0.3 is 0 Å². The van der Waals surface area contributed by atoms with E-state index in [1.54, 1.807) is 62.4 Å². The van der Waals surface area contributed by atoms with Gasteiger partial charge in [0.25, 0.3) is 0 Å². The van der Waals surface area contributed by atoms with Crippen LogP contribution in [0.1, 0.15) is 16.7 Å². The van der Waals surface area contributed by atoms with Crippen LogP contribution >= 0.6 is 0 Å². The fourth-order valence-electron chi connectivity index (χ4n) is 7.70. The largest absolute Gasteiger partial charge is 0.463 e. The van der Waals surface area contributed by atoms with Crippen molar-refractivity contribution in [1.82, 2.24) is 74.3 Å². The Morgan fingerprint density at radius 2 is 1.12 bits per heavy atom. The van der Waals surface area contributed by atoms with Crippen molar-refractivity contribution in [2.24, 2.45) is 35.2 Å². The molecule has 0 aliphatic rings. The summed E-state index contributed by atoms with van der Waals surface area (Å²) < 4.78 is 34.3. The second-order valence-electron chi connectivity index (χ2n) is 17.3. The number of nitrogens with zero attached hydrogens (tertiary/aromatic N) is 12. The number of furan rings is 5. The van der Waals surface area contributed by atoms with Gasteiger partial charge in [0, 0.05) is 82.0 Å². The lowest BCUT2D eigenvalue weighted by molar-refractivity contribution is 0.567. The van der Waals surface area contributed by atoms with Gasteiger partial charge in [-0.15, -0.1) is 5.10 Å². The highest BCUT2D eigenvalue weighted by molar-refractivity contribution is 5.81. The molecule has 75 heavy (non-hydrogen) atoms. The predicted octanol–water partition coefficient (Wildman–Crippen LogP) is 12.1. The van der Waals surface area contributed by atoms with Crippen LogP contribution in [0.15, 0.2) is 194 Å². The molecule has 3 N–H and O–H groups in total. The number of H-pyrrole nitrogens is 3. The minimum absolute atomic E-state index is 0.706. The lowest BCUT2D eigenvalue weighted by atomic mass is 10.2. The van der Waals surface area contributed by atoms with E-state index < -0.39 is 0 Å². The fraction of sp³-hybridized carbons (Fsp3) is 0.145. The van der Waals surface area contributed by atoms with Gasteiger partial charge in [0.15, 0.2) is 16.7 Å². The number of aromatic nitrogens is 15. The van der Waals surface area contributed by atoms with E-state index >= 15 is 0 Å². The second-order valence-corrected chi connectivity index (χ2v) is 17.3. The standard InChI is InChI=1S/3C8H8N2.C7H7NO.4C6H6N2O/c1-6-2-3-8-7(4-6)5-9-10-8;1-6-2-3-7-5-9-10-8(7)4-6;1-6-3-2-4-7-5-9-10-8(6)7;1-8-4-2-7-6(8)3-5-9-7;1-8-4-6-5(7-8)2-3-9-6;1-8-5-2-3-9-6(5)4-7-8;1-8-4-5-2-3-9-6(5)7-8;1-8-6-5(4-7-8)2-3-9-6/h3*2-5H,1H3,(H,9,10);2-5H,1H3;4*2-4H,1H3. The molecule has 0 saturated heterocycles. The first-order chi connectivity index (χ1) is 36.4. The van der Waals surface area contributed by atoms with Gasteiger partial charge in [-0.1, -0.05) is 42.0 Å². The summed E-state index contributed by atoms with van der Waals surface area (Å²) in [5.74, 6) is 0. The maximum atomic E-state index is 5.12. The van der Waals surface area contributed by atoms with E-state index in [1.165, 1.54) is 32.8 Å². The Morgan fingerprint density at radius 3 is 1.91 bits per heavy atom. The highest BCUT2D eigenvalue weighted by Crippen LogP contribution is 2.17. The third-order valence-electron chi connectivity index (χ3n) is 11.6. The van der Waals surface area contributed by atoms with Crippen molar-refractivity contribution in [2.45, 2.75) is 20.8 Å². The molecule has 0 saturated carbocycles. The number of hydrogen-bond donors (Lipinski definition) is 3. The molecule has 0 fully saturated rings. The Hall–Kier alpha value is -10.1. The molecule has 380 valence electrons. The van der Waals surface area contributed by atoms with E-state index in [2.05, 4.69) is 108 Å². The first-order valence-corrected chi connectivity index (χ1v) is 23.6. The topological polar surface area (TPSA) is 228 Å². The number of rotatable bonds is 0. The number of benzene rings is 3. The van der Waals surface area contributed by atoms with E-state index in [-0.39, 0.29) is 0 Å². The number of fused-ring (bicyclic) bond motifs is 8. The maximum Gasteiger partial charge on any atom is 0.245 e. The minimum Gasteiger partial charge on any atom is -0.463 e. The van der Waals surface area contributed by atoms with Crippen LogP contribution < -0.4 is 0 Å². The normalized spacial score (nSPS) is 10.7. The zero-order valence-electron chi connectivity index (χ0n) is 42.6. The molecule has 0 radical (unpaired) electrons. The fourth-order valence-corrected chi connectivity index (χ4v) is 7.70.